The normalized spacial score (nSPS) is 10.4. The minimum absolute atomic E-state index is 0.259. The molecule has 0 aliphatic rings. The largest absolute Gasteiger partial charge is 0.357 e. The van der Waals surface area contributed by atoms with Crippen molar-refractivity contribution in [3.8, 4) is 0 Å². The van der Waals surface area contributed by atoms with Crippen LogP contribution in [-0.2, 0) is 13.1 Å². The number of amides is 1. The lowest BCUT2D eigenvalue weighted by Gasteiger charge is -2.12. The van der Waals surface area contributed by atoms with E-state index in [9.17, 15) is 9.18 Å². The summed E-state index contributed by atoms with van der Waals surface area (Å²) < 4.78 is 14.7. The number of aromatic nitrogens is 2. The van der Waals surface area contributed by atoms with Gasteiger partial charge in [0.25, 0.3) is 5.91 Å². The average Bonchev–Trinajstić information content (AvgIpc) is 2.99. The molecule has 3 aromatic rings. The van der Waals surface area contributed by atoms with Gasteiger partial charge in [-0.15, -0.1) is 0 Å². The quantitative estimate of drug-likeness (QED) is 0.445. The van der Waals surface area contributed by atoms with Crippen molar-refractivity contribution < 1.29 is 9.18 Å². The predicted molar refractivity (Wildman–Crippen MR) is 114 cm³/mol. The van der Waals surface area contributed by atoms with E-state index in [2.05, 4.69) is 21.3 Å². The van der Waals surface area contributed by atoms with Crippen LogP contribution < -0.4 is 16.2 Å². The smallest absolute Gasteiger partial charge is 0.273 e. The molecule has 2 aromatic carbocycles. The van der Waals surface area contributed by atoms with Gasteiger partial charge in [0.05, 0.1) is 17.8 Å². The molecule has 8 heteroatoms. The molecule has 0 aliphatic carbocycles. The second kappa shape index (κ2) is 9.29. The summed E-state index contributed by atoms with van der Waals surface area (Å²) in [4.78, 5) is 12.6. The van der Waals surface area contributed by atoms with Crippen LogP contribution in [0, 0.1) is 19.7 Å². The van der Waals surface area contributed by atoms with Gasteiger partial charge in [0, 0.05) is 12.2 Å². The van der Waals surface area contributed by atoms with Crippen molar-refractivity contribution in [3.63, 3.8) is 0 Å². The second-order valence-corrected chi connectivity index (χ2v) is 6.99. The molecule has 3 N–H and O–H groups in total. The number of halogens is 1. The van der Waals surface area contributed by atoms with E-state index in [1.54, 1.807) is 19.1 Å². The monoisotopic (exact) mass is 411 g/mol. The number of rotatable bonds is 5. The van der Waals surface area contributed by atoms with Crippen LogP contribution >= 0.6 is 12.2 Å². The molecule has 150 valence electrons. The van der Waals surface area contributed by atoms with Gasteiger partial charge in [-0.25, -0.2) is 4.39 Å². The SMILES string of the molecule is Cc1nn(Cc2ccccc2)c(C)c1C(=O)NNC(=S)NCc1ccc(F)cc1. The van der Waals surface area contributed by atoms with Crippen LogP contribution in [0.25, 0.3) is 0 Å². The topological polar surface area (TPSA) is 71.0 Å². The highest BCUT2D eigenvalue weighted by Crippen LogP contribution is 2.14. The van der Waals surface area contributed by atoms with E-state index >= 15 is 0 Å². The van der Waals surface area contributed by atoms with Crippen molar-refractivity contribution in [2.24, 2.45) is 0 Å². The molecular formula is C21H22FN5OS. The Morgan fingerprint density at radius 2 is 1.72 bits per heavy atom. The zero-order valence-corrected chi connectivity index (χ0v) is 17.0. The van der Waals surface area contributed by atoms with Crippen molar-refractivity contribution in [1.82, 2.24) is 25.9 Å². The minimum atomic E-state index is -0.315. The number of aryl methyl sites for hydroxylation is 1. The highest BCUT2D eigenvalue weighted by atomic mass is 32.1. The first-order valence-corrected chi connectivity index (χ1v) is 9.51. The number of carbonyl (C=O) groups is 1. The van der Waals surface area contributed by atoms with Gasteiger partial charge in [-0.1, -0.05) is 42.5 Å². The molecular weight excluding hydrogens is 389 g/mol. The predicted octanol–water partition coefficient (Wildman–Crippen LogP) is 3.00. The third-order valence-electron chi connectivity index (χ3n) is 4.44. The van der Waals surface area contributed by atoms with E-state index < -0.39 is 0 Å². The zero-order valence-electron chi connectivity index (χ0n) is 16.2. The minimum Gasteiger partial charge on any atom is -0.357 e. The van der Waals surface area contributed by atoms with Crippen LogP contribution in [0.15, 0.2) is 54.6 Å². The van der Waals surface area contributed by atoms with Crippen LogP contribution in [-0.4, -0.2) is 20.8 Å². The molecule has 0 saturated heterocycles. The van der Waals surface area contributed by atoms with Crippen molar-refractivity contribution in [3.05, 3.63) is 88.5 Å². The van der Waals surface area contributed by atoms with Crippen molar-refractivity contribution in [2.45, 2.75) is 26.9 Å². The van der Waals surface area contributed by atoms with Crippen molar-refractivity contribution >= 4 is 23.2 Å². The Balaban J connectivity index is 1.56. The Morgan fingerprint density at radius 3 is 2.41 bits per heavy atom. The van der Waals surface area contributed by atoms with E-state index in [1.165, 1.54) is 12.1 Å². The molecule has 0 radical (unpaired) electrons. The number of nitrogens with one attached hydrogen (secondary N) is 3. The van der Waals surface area contributed by atoms with E-state index in [0.717, 1.165) is 16.8 Å². The molecule has 1 aromatic heterocycles. The standard InChI is InChI=1S/C21H22FN5OS/c1-14-19(15(2)27(26-14)13-17-6-4-3-5-7-17)20(28)24-25-21(29)23-12-16-8-10-18(22)11-9-16/h3-11H,12-13H2,1-2H3,(H,24,28)(H2,23,25,29). The Hall–Kier alpha value is -3.26. The Bertz CT molecular complexity index is 1000. The Morgan fingerprint density at radius 1 is 1.03 bits per heavy atom. The lowest BCUT2D eigenvalue weighted by atomic mass is 10.2. The summed E-state index contributed by atoms with van der Waals surface area (Å²) in [5.41, 5.74) is 9.18. The summed E-state index contributed by atoms with van der Waals surface area (Å²) in [5, 5.41) is 7.70. The van der Waals surface area contributed by atoms with Crippen LogP contribution in [0.4, 0.5) is 4.39 Å². The highest BCUT2D eigenvalue weighted by Gasteiger charge is 2.18. The number of hydrogen-bond acceptors (Lipinski definition) is 3. The van der Waals surface area contributed by atoms with E-state index in [0.29, 0.717) is 24.3 Å². The van der Waals surface area contributed by atoms with E-state index in [-0.39, 0.29) is 16.8 Å². The zero-order chi connectivity index (χ0) is 20.8. The van der Waals surface area contributed by atoms with Crippen molar-refractivity contribution in [1.29, 1.82) is 0 Å². The number of benzene rings is 2. The summed E-state index contributed by atoms with van der Waals surface area (Å²) in [5.74, 6) is -0.606. The molecule has 0 saturated carbocycles. The third-order valence-corrected chi connectivity index (χ3v) is 4.69. The van der Waals surface area contributed by atoms with Gasteiger partial charge in [-0.2, -0.15) is 5.10 Å². The van der Waals surface area contributed by atoms with Gasteiger partial charge in [-0.05, 0) is 49.3 Å². The molecule has 6 nitrogen and oxygen atoms in total. The number of carbonyl (C=O) groups excluding carboxylic acids is 1. The molecule has 29 heavy (non-hydrogen) atoms. The summed E-state index contributed by atoms with van der Waals surface area (Å²) >= 11 is 5.17. The first kappa shape index (κ1) is 20.5. The molecule has 0 unspecified atom stereocenters. The second-order valence-electron chi connectivity index (χ2n) is 6.58. The first-order valence-electron chi connectivity index (χ1n) is 9.10. The van der Waals surface area contributed by atoms with Crippen LogP contribution in [0.2, 0.25) is 0 Å². The third kappa shape index (κ3) is 5.39. The highest BCUT2D eigenvalue weighted by molar-refractivity contribution is 7.80. The van der Waals surface area contributed by atoms with Crippen LogP contribution in [0.1, 0.15) is 32.9 Å². The van der Waals surface area contributed by atoms with Crippen LogP contribution in [0.5, 0.6) is 0 Å². The average molecular weight is 412 g/mol. The number of hydrogen-bond donors (Lipinski definition) is 3. The van der Waals surface area contributed by atoms with Crippen LogP contribution in [0.3, 0.4) is 0 Å². The Kier molecular flexibility index (Phi) is 6.56. The summed E-state index contributed by atoms with van der Waals surface area (Å²) in [6.07, 6.45) is 0. The summed E-state index contributed by atoms with van der Waals surface area (Å²) in [6, 6.07) is 16.0. The van der Waals surface area contributed by atoms with Gasteiger partial charge in [-0.3, -0.25) is 20.3 Å². The van der Waals surface area contributed by atoms with Gasteiger partial charge >= 0.3 is 0 Å². The molecule has 0 spiro atoms. The van der Waals surface area contributed by atoms with Gasteiger partial charge < -0.3 is 5.32 Å². The van der Waals surface area contributed by atoms with Gasteiger partial charge in [0.1, 0.15) is 5.82 Å². The fraction of sp³-hybridized carbons (Fsp3) is 0.190. The maximum absolute atomic E-state index is 12.9. The maximum atomic E-state index is 12.9. The molecule has 0 bridgehead atoms. The lowest BCUT2D eigenvalue weighted by molar-refractivity contribution is 0.0942. The lowest BCUT2D eigenvalue weighted by Crippen LogP contribution is -2.46. The van der Waals surface area contributed by atoms with E-state index in [4.69, 9.17) is 12.2 Å². The summed E-state index contributed by atoms with van der Waals surface area (Å²) in [6.45, 7) is 4.67. The molecule has 0 fully saturated rings. The fourth-order valence-corrected chi connectivity index (χ4v) is 3.06. The molecule has 0 aliphatic heterocycles. The number of hydrazine groups is 1. The molecule has 1 heterocycles. The molecule has 3 rings (SSSR count). The van der Waals surface area contributed by atoms with Gasteiger partial charge in [0.2, 0.25) is 0 Å². The van der Waals surface area contributed by atoms with E-state index in [1.807, 2.05) is 41.9 Å². The first-order chi connectivity index (χ1) is 13.9. The number of thiocarbonyl (C=S) groups is 1. The summed E-state index contributed by atoms with van der Waals surface area (Å²) in [7, 11) is 0. The molecule has 1 amide bonds. The maximum Gasteiger partial charge on any atom is 0.273 e. The van der Waals surface area contributed by atoms with Crippen molar-refractivity contribution in [2.75, 3.05) is 0 Å². The van der Waals surface area contributed by atoms with Gasteiger partial charge in [0.15, 0.2) is 5.11 Å². The fourth-order valence-electron chi connectivity index (χ4n) is 2.94. The number of nitrogens with zero attached hydrogens (tertiary/aromatic N) is 2. The molecule has 0 atom stereocenters. The Labute approximate surface area is 174 Å².